The second-order valence-electron chi connectivity index (χ2n) is 6.91. The summed E-state index contributed by atoms with van der Waals surface area (Å²) < 4.78 is 55.6. The fourth-order valence-electron chi connectivity index (χ4n) is 2.00. The number of alkyl carbamates (subject to hydrolysis) is 1. The van der Waals surface area contributed by atoms with Crippen LogP contribution in [0.5, 0.6) is 0 Å². The summed E-state index contributed by atoms with van der Waals surface area (Å²) in [6, 6.07) is 11.2. The number of ether oxygens (including phenoxy) is 1. The lowest BCUT2D eigenvalue weighted by atomic mass is 10.0. The predicted molar refractivity (Wildman–Crippen MR) is 128 cm³/mol. The largest absolute Gasteiger partial charge is 0.444 e. The van der Waals surface area contributed by atoms with Gasteiger partial charge in [0.15, 0.2) is 0 Å². The van der Waals surface area contributed by atoms with Crippen LogP contribution in [0.4, 0.5) is 20.8 Å². The lowest BCUT2D eigenvalue weighted by Crippen LogP contribution is -2.32. The zero-order valence-corrected chi connectivity index (χ0v) is 21.2. The molecule has 9 heteroatoms. The normalized spacial score (nSPS) is 10.5. The highest BCUT2D eigenvalue weighted by Crippen LogP contribution is 2.60. The maximum Gasteiger partial charge on any atom is 0.408 e. The van der Waals surface area contributed by atoms with Crippen molar-refractivity contribution in [3.63, 3.8) is 0 Å². The Kier molecular flexibility index (Phi) is 15.7. The molecule has 0 saturated carbocycles. The number of halogens is 4. The van der Waals surface area contributed by atoms with Crippen molar-refractivity contribution < 1.29 is 25.6 Å². The van der Waals surface area contributed by atoms with Crippen LogP contribution in [0.15, 0.2) is 47.4 Å². The van der Waals surface area contributed by atoms with Crippen molar-refractivity contribution in [1.82, 2.24) is 5.32 Å². The van der Waals surface area contributed by atoms with Crippen LogP contribution in [0.2, 0.25) is 0 Å². The standard InChI is InChI=1S/C13H10F4S.C7H12N2O2.2C2H6/c1-9-2-3-11(8-13(9)14)10-4-6-12(7-5-10)18(15,16)17;1-7(2,3)11-6(10)9-5-4-8;2*1-2/h2-8H,1H3;5H2,1-3H3,(H,9,10);2*1-2H3. The Morgan fingerprint density at radius 3 is 1.88 bits per heavy atom. The van der Waals surface area contributed by atoms with E-state index >= 15 is 0 Å². The van der Waals surface area contributed by atoms with Crippen LogP contribution in [0.25, 0.3) is 11.1 Å². The molecule has 4 nitrogen and oxygen atoms in total. The van der Waals surface area contributed by atoms with Gasteiger partial charge in [0.1, 0.15) is 18.0 Å². The molecule has 33 heavy (non-hydrogen) atoms. The van der Waals surface area contributed by atoms with E-state index < -0.39 is 27.8 Å². The van der Waals surface area contributed by atoms with Crippen molar-refractivity contribution in [2.24, 2.45) is 0 Å². The van der Waals surface area contributed by atoms with Gasteiger partial charge in [-0.15, -0.1) is 11.7 Å². The van der Waals surface area contributed by atoms with E-state index in [0.717, 1.165) is 12.1 Å². The fourth-order valence-corrected chi connectivity index (χ4v) is 2.44. The average Bonchev–Trinajstić information content (AvgIpc) is 2.76. The van der Waals surface area contributed by atoms with Gasteiger partial charge < -0.3 is 10.1 Å². The first-order valence-electron chi connectivity index (χ1n) is 10.5. The summed E-state index contributed by atoms with van der Waals surface area (Å²) >= 11 is -5.19. The molecule has 2 aromatic rings. The molecule has 0 unspecified atom stereocenters. The van der Waals surface area contributed by atoms with Gasteiger partial charge in [0.05, 0.1) is 11.0 Å². The summed E-state index contributed by atoms with van der Waals surface area (Å²) in [5.74, 6) is -0.363. The minimum Gasteiger partial charge on any atom is -0.444 e. The van der Waals surface area contributed by atoms with E-state index in [1.165, 1.54) is 18.2 Å². The summed E-state index contributed by atoms with van der Waals surface area (Å²) in [6.07, 6.45) is -0.556. The molecule has 0 aliphatic carbocycles. The van der Waals surface area contributed by atoms with E-state index in [4.69, 9.17) is 10.00 Å². The van der Waals surface area contributed by atoms with Gasteiger partial charge in [0.25, 0.3) is 0 Å². The van der Waals surface area contributed by atoms with E-state index in [9.17, 15) is 20.8 Å². The van der Waals surface area contributed by atoms with Gasteiger partial charge in [-0.2, -0.15) is 5.26 Å². The number of rotatable bonds is 3. The number of carbonyl (C=O) groups is 1. The molecule has 1 N–H and O–H groups in total. The van der Waals surface area contributed by atoms with Crippen LogP contribution in [0.1, 0.15) is 54.0 Å². The predicted octanol–water partition coefficient (Wildman–Crippen LogP) is 8.71. The van der Waals surface area contributed by atoms with Gasteiger partial charge in [-0.05, 0) is 62.6 Å². The van der Waals surface area contributed by atoms with Crippen LogP contribution in [-0.4, -0.2) is 18.2 Å². The van der Waals surface area contributed by atoms with Crippen molar-refractivity contribution >= 4 is 17.3 Å². The second-order valence-corrected chi connectivity index (χ2v) is 8.19. The molecule has 0 saturated heterocycles. The molecule has 1 amide bonds. The smallest absolute Gasteiger partial charge is 0.408 e. The van der Waals surface area contributed by atoms with Crippen molar-refractivity contribution in [2.75, 3.05) is 6.54 Å². The highest BCUT2D eigenvalue weighted by atomic mass is 32.3. The van der Waals surface area contributed by atoms with Crippen molar-refractivity contribution in [3.05, 3.63) is 53.8 Å². The van der Waals surface area contributed by atoms with Gasteiger partial charge in [0, 0.05) is 0 Å². The number of nitriles is 1. The monoisotopic (exact) mass is 490 g/mol. The third kappa shape index (κ3) is 14.1. The van der Waals surface area contributed by atoms with E-state index in [1.807, 2.05) is 27.7 Å². The Bertz CT molecular complexity index is 872. The van der Waals surface area contributed by atoms with Crippen LogP contribution in [0.3, 0.4) is 0 Å². The zero-order chi connectivity index (χ0) is 26.2. The van der Waals surface area contributed by atoms with Crippen molar-refractivity contribution in [2.45, 2.75) is 65.9 Å². The Hall–Kier alpha value is -2.73. The molecule has 0 aliphatic heterocycles. The number of benzene rings is 2. The van der Waals surface area contributed by atoms with E-state index in [1.54, 1.807) is 45.9 Å². The maximum absolute atomic E-state index is 13.4. The molecule has 0 heterocycles. The van der Waals surface area contributed by atoms with E-state index in [-0.39, 0.29) is 12.4 Å². The zero-order valence-electron chi connectivity index (χ0n) is 20.4. The van der Waals surface area contributed by atoms with Gasteiger partial charge in [-0.25, -0.2) is 9.18 Å². The molecule has 186 valence electrons. The first-order valence-corrected chi connectivity index (χ1v) is 11.8. The molecule has 0 atom stereocenters. The molecular weight excluding hydrogens is 456 g/mol. The lowest BCUT2D eigenvalue weighted by Gasteiger charge is -2.18. The van der Waals surface area contributed by atoms with Gasteiger partial charge in [0.2, 0.25) is 11.2 Å². The van der Waals surface area contributed by atoms with Gasteiger partial charge >= 0.3 is 6.09 Å². The van der Waals surface area contributed by atoms with Gasteiger partial charge in [-0.3, -0.25) is 0 Å². The van der Waals surface area contributed by atoms with Crippen LogP contribution >= 0.6 is 11.2 Å². The molecule has 0 bridgehead atoms. The first-order chi connectivity index (χ1) is 15.3. The molecule has 2 aromatic carbocycles. The molecule has 2 rings (SSSR count). The third-order valence-electron chi connectivity index (χ3n) is 3.34. The fraction of sp³-hybridized carbons (Fsp3) is 0.417. The minimum absolute atomic E-state index is 0.0189. The third-order valence-corrected chi connectivity index (χ3v) is 4.14. The molecule has 0 spiro atoms. The Morgan fingerprint density at radius 1 is 1.00 bits per heavy atom. The Morgan fingerprint density at radius 2 is 1.48 bits per heavy atom. The van der Waals surface area contributed by atoms with Gasteiger partial charge in [-0.1, -0.05) is 52.0 Å². The van der Waals surface area contributed by atoms with Crippen LogP contribution in [-0.2, 0) is 4.74 Å². The van der Waals surface area contributed by atoms with Crippen molar-refractivity contribution in [1.29, 1.82) is 5.26 Å². The molecule has 0 aliphatic rings. The molecule has 0 aromatic heterocycles. The number of aryl methyl sites for hydroxylation is 1. The van der Waals surface area contributed by atoms with Crippen LogP contribution < -0.4 is 5.32 Å². The van der Waals surface area contributed by atoms with Crippen molar-refractivity contribution in [3.8, 4) is 17.2 Å². The van der Waals surface area contributed by atoms with Crippen LogP contribution in [0, 0.1) is 24.1 Å². The minimum atomic E-state index is -5.19. The SMILES string of the molecule is CC.CC.CC(C)(C)OC(=O)NCC#N.Cc1ccc(-c2ccc(S(F)(F)F)cc2)cc1F. The summed E-state index contributed by atoms with van der Waals surface area (Å²) in [6.45, 7) is 14.9. The number of nitrogens with one attached hydrogen (secondary N) is 1. The molecular formula is C24H34F4N2O2S. The summed E-state index contributed by atoms with van der Waals surface area (Å²) in [7, 11) is 0. The molecule has 0 fully saturated rings. The maximum atomic E-state index is 13.4. The van der Waals surface area contributed by atoms with E-state index in [2.05, 4.69) is 5.32 Å². The highest BCUT2D eigenvalue weighted by molar-refractivity contribution is 8.20. The Balaban J connectivity index is 0. The topological polar surface area (TPSA) is 62.1 Å². The number of amides is 1. The number of hydrogen-bond donors (Lipinski definition) is 1. The quantitative estimate of drug-likeness (QED) is 0.346. The number of hydrogen-bond acceptors (Lipinski definition) is 3. The highest BCUT2D eigenvalue weighted by Gasteiger charge is 2.23. The average molecular weight is 491 g/mol. The summed E-state index contributed by atoms with van der Waals surface area (Å²) in [4.78, 5) is 10.1. The number of carbonyl (C=O) groups excluding carboxylic acids is 1. The summed E-state index contributed by atoms with van der Waals surface area (Å²) in [5.41, 5.74) is 1.15. The number of nitrogens with zero attached hydrogens (tertiary/aromatic N) is 1. The summed E-state index contributed by atoms with van der Waals surface area (Å²) in [5, 5.41) is 10.4. The first kappa shape index (κ1) is 32.4. The van der Waals surface area contributed by atoms with E-state index in [0.29, 0.717) is 16.7 Å². The Labute approximate surface area is 197 Å². The molecule has 0 radical (unpaired) electrons. The lowest BCUT2D eigenvalue weighted by molar-refractivity contribution is 0.0534. The second kappa shape index (κ2) is 16.0.